The van der Waals surface area contributed by atoms with Gasteiger partial charge in [0.25, 0.3) is 0 Å². The Kier molecular flexibility index (Phi) is 4.82. The van der Waals surface area contributed by atoms with Crippen LogP contribution in [-0.2, 0) is 9.84 Å². The quantitative estimate of drug-likeness (QED) is 0.455. The van der Waals surface area contributed by atoms with E-state index in [2.05, 4.69) is 35.2 Å². The van der Waals surface area contributed by atoms with Gasteiger partial charge >= 0.3 is 0 Å². The number of para-hydroxylation sites is 1. The van der Waals surface area contributed by atoms with Crippen molar-refractivity contribution in [3.05, 3.63) is 83.9 Å². The van der Waals surface area contributed by atoms with Crippen LogP contribution in [0.3, 0.4) is 0 Å². The van der Waals surface area contributed by atoms with E-state index in [9.17, 15) is 8.42 Å². The van der Waals surface area contributed by atoms with Gasteiger partial charge in [-0.3, -0.25) is 5.01 Å². The molecule has 158 valence electrons. The maximum Gasteiger partial charge on any atom is 0.152 e. The molecule has 0 aromatic heterocycles. The molecule has 31 heavy (non-hydrogen) atoms. The number of benzene rings is 3. The molecule has 6 heteroatoms. The summed E-state index contributed by atoms with van der Waals surface area (Å²) in [5, 5.41) is 7.07. The van der Waals surface area contributed by atoms with Crippen molar-refractivity contribution < 1.29 is 8.42 Å². The first-order valence-corrected chi connectivity index (χ1v) is 12.3. The summed E-state index contributed by atoms with van der Waals surface area (Å²) in [5.41, 5.74) is 7.38. The second kappa shape index (κ2) is 7.54. The molecule has 0 amide bonds. The highest BCUT2D eigenvalue weighted by Crippen LogP contribution is 2.39. The van der Waals surface area contributed by atoms with E-state index in [1.807, 2.05) is 61.6 Å². The fourth-order valence-electron chi connectivity index (χ4n) is 4.43. The predicted octanol–water partition coefficient (Wildman–Crippen LogP) is 4.18. The number of fused-ring (bicyclic) bond motifs is 3. The van der Waals surface area contributed by atoms with Gasteiger partial charge in [0, 0.05) is 30.9 Å². The van der Waals surface area contributed by atoms with Crippen LogP contribution in [0, 0.1) is 0 Å². The highest BCUT2D eigenvalue weighted by Gasteiger charge is 2.34. The highest BCUT2D eigenvalue weighted by atomic mass is 32.2. The van der Waals surface area contributed by atoms with Gasteiger partial charge in [0.15, 0.2) is 9.84 Å². The predicted molar refractivity (Wildman–Crippen MR) is 128 cm³/mol. The van der Waals surface area contributed by atoms with Crippen LogP contribution in [0.2, 0.25) is 0 Å². The second-order valence-electron chi connectivity index (χ2n) is 8.36. The summed E-state index contributed by atoms with van der Waals surface area (Å²) >= 11 is 0. The van der Waals surface area contributed by atoms with Crippen molar-refractivity contribution >= 4 is 26.9 Å². The molecular formula is C25H25N3O2S. The van der Waals surface area contributed by atoms with Crippen molar-refractivity contribution in [1.82, 2.24) is 0 Å². The molecule has 1 saturated heterocycles. The van der Waals surface area contributed by atoms with Crippen LogP contribution in [0.1, 0.15) is 17.5 Å². The number of hydrogen-bond donors (Lipinski definition) is 0. The van der Waals surface area contributed by atoms with Crippen LogP contribution in [0.25, 0.3) is 11.1 Å². The Hall–Kier alpha value is -3.12. The first-order valence-electron chi connectivity index (χ1n) is 10.5. The van der Waals surface area contributed by atoms with Crippen molar-refractivity contribution in [2.75, 3.05) is 35.5 Å². The van der Waals surface area contributed by atoms with Gasteiger partial charge in [-0.25, -0.2) is 8.42 Å². The van der Waals surface area contributed by atoms with Gasteiger partial charge < -0.3 is 4.90 Å². The summed E-state index contributed by atoms with van der Waals surface area (Å²) in [6.07, 6.45) is 0.584. The summed E-state index contributed by atoms with van der Waals surface area (Å²) in [6.45, 7) is 0. The minimum atomic E-state index is -3.04. The lowest BCUT2D eigenvalue weighted by atomic mass is 10.1. The minimum Gasteiger partial charge on any atom is -0.378 e. The first kappa shape index (κ1) is 19.8. The third-order valence-electron chi connectivity index (χ3n) is 6.03. The SMILES string of the molecule is CN(C)c1ccc2c(c1)C(=NN(c1ccccc1)C1CCS(=O)(=O)C1)c1ccccc1-2. The highest BCUT2D eigenvalue weighted by molar-refractivity contribution is 7.91. The number of sulfone groups is 1. The van der Waals surface area contributed by atoms with Crippen LogP contribution in [-0.4, -0.2) is 45.8 Å². The first-order chi connectivity index (χ1) is 14.9. The number of nitrogens with zero attached hydrogens (tertiary/aromatic N) is 3. The number of hydrogen-bond acceptors (Lipinski definition) is 5. The van der Waals surface area contributed by atoms with Gasteiger partial charge in [-0.05, 0) is 41.8 Å². The van der Waals surface area contributed by atoms with E-state index in [0.29, 0.717) is 6.42 Å². The summed E-state index contributed by atoms with van der Waals surface area (Å²) in [7, 11) is 1.02. The molecule has 1 heterocycles. The maximum absolute atomic E-state index is 12.2. The normalized spacial score (nSPS) is 19.8. The van der Waals surface area contributed by atoms with E-state index < -0.39 is 9.84 Å². The fourth-order valence-corrected chi connectivity index (χ4v) is 6.12. The molecular weight excluding hydrogens is 406 g/mol. The summed E-state index contributed by atoms with van der Waals surface area (Å²) in [5.74, 6) is 0.342. The Balaban J connectivity index is 1.69. The van der Waals surface area contributed by atoms with Crippen molar-refractivity contribution in [3.8, 4) is 11.1 Å². The Morgan fingerprint density at radius 2 is 1.48 bits per heavy atom. The standard InChI is InChI=1S/C25H25N3O2S/c1-27(2)19-12-13-22-21-10-6-7-11-23(21)25(24(22)16-19)26-28(18-8-4-3-5-9-18)20-14-15-31(29,30)17-20/h3-13,16,20H,14-15,17H2,1-2H3. The molecule has 0 N–H and O–H groups in total. The summed E-state index contributed by atoms with van der Waals surface area (Å²) in [6, 6.07) is 24.4. The lowest BCUT2D eigenvalue weighted by Crippen LogP contribution is -2.33. The molecule has 1 unspecified atom stereocenters. The number of hydrazone groups is 1. The molecule has 1 fully saturated rings. The van der Waals surface area contributed by atoms with Gasteiger partial charge in [0.1, 0.15) is 0 Å². The monoisotopic (exact) mass is 431 g/mol. The average Bonchev–Trinajstić information content (AvgIpc) is 3.29. The number of anilines is 2. The Morgan fingerprint density at radius 1 is 0.806 bits per heavy atom. The Morgan fingerprint density at radius 3 is 2.16 bits per heavy atom. The zero-order valence-electron chi connectivity index (χ0n) is 17.7. The Bertz CT molecular complexity index is 1270. The fraction of sp³-hybridized carbons (Fsp3) is 0.240. The van der Waals surface area contributed by atoms with E-state index in [1.54, 1.807) is 0 Å². The molecule has 2 aliphatic rings. The summed E-state index contributed by atoms with van der Waals surface area (Å²) in [4.78, 5) is 2.08. The lowest BCUT2D eigenvalue weighted by Gasteiger charge is -2.26. The van der Waals surface area contributed by atoms with Gasteiger partial charge in [-0.2, -0.15) is 5.10 Å². The van der Waals surface area contributed by atoms with Crippen LogP contribution in [0.15, 0.2) is 77.9 Å². The van der Waals surface area contributed by atoms with Gasteiger partial charge in [0.05, 0.1) is 28.9 Å². The third-order valence-corrected chi connectivity index (χ3v) is 7.78. The smallest absolute Gasteiger partial charge is 0.152 e. The molecule has 0 radical (unpaired) electrons. The molecule has 1 aliphatic carbocycles. The van der Waals surface area contributed by atoms with E-state index >= 15 is 0 Å². The van der Waals surface area contributed by atoms with Gasteiger partial charge in [-0.1, -0.05) is 48.5 Å². The van der Waals surface area contributed by atoms with Crippen molar-refractivity contribution in [1.29, 1.82) is 0 Å². The zero-order chi connectivity index (χ0) is 21.6. The average molecular weight is 432 g/mol. The zero-order valence-corrected chi connectivity index (χ0v) is 18.5. The van der Waals surface area contributed by atoms with Crippen molar-refractivity contribution in [2.24, 2.45) is 5.10 Å². The van der Waals surface area contributed by atoms with Gasteiger partial charge in [-0.15, -0.1) is 0 Å². The molecule has 5 rings (SSSR count). The van der Waals surface area contributed by atoms with E-state index in [4.69, 9.17) is 5.10 Å². The molecule has 1 aliphatic heterocycles. The van der Waals surface area contributed by atoms with Crippen LogP contribution in [0.5, 0.6) is 0 Å². The Labute approximate surface area is 183 Å². The van der Waals surface area contributed by atoms with Gasteiger partial charge in [0.2, 0.25) is 0 Å². The number of rotatable bonds is 4. The second-order valence-corrected chi connectivity index (χ2v) is 10.6. The molecule has 3 aromatic carbocycles. The minimum absolute atomic E-state index is 0.130. The topological polar surface area (TPSA) is 53.0 Å². The molecule has 1 atom stereocenters. The van der Waals surface area contributed by atoms with Crippen LogP contribution >= 0.6 is 0 Å². The summed E-state index contributed by atoms with van der Waals surface area (Å²) < 4.78 is 24.5. The van der Waals surface area contributed by atoms with E-state index in [-0.39, 0.29) is 17.5 Å². The van der Waals surface area contributed by atoms with Crippen molar-refractivity contribution in [2.45, 2.75) is 12.5 Å². The van der Waals surface area contributed by atoms with Crippen LogP contribution < -0.4 is 9.91 Å². The van der Waals surface area contributed by atoms with E-state index in [0.717, 1.165) is 39.3 Å². The van der Waals surface area contributed by atoms with Crippen molar-refractivity contribution in [3.63, 3.8) is 0 Å². The molecule has 3 aromatic rings. The maximum atomic E-state index is 12.2. The van der Waals surface area contributed by atoms with E-state index in [1.165, 1.54) is 0 Å². The lowest BCUT2D eigenvalue weighted by molar-refractivity contribution is 0.600. The molecule has 5 nitrogen and oxygen atoms in total. The molecule has 0 spiro atoms. The molecule has 0 bridgehead atoms. The van der Waals surface area contributed by atoms with Crippen LogP contribution in [0.4, 0.5) is 11.4 Å². The molecule has 0 saturated carbocycles. The largest absolute Gasteiger partial charge is 0.378 e. The third kappa shape index (κ3) is 3.61.